The van der Waals surface area contributed by atoms with Crippen molar-refractivity contribution in [2.24, 2.45) is 0 Å². The predicted molar refractivity (Wildman–Crippen MR) is 77.6 cm³/mol. The SMILES string of the molecule is CCOc1ccc(C)cc1C(O)c1ccc(C)cc1. The van der Waals surface area contributed by atoms with Gasteiger partial charge in [-0.15, -0.1) is 0 Å². The van der Waals surface area contributed by atoms with Gasteiger partial charge in [-0.2, -0.15) is 0 Å². The molecule has 19 heavy (non-hydrogen) atoms. The van der Waals surface area contributed by atoms with Crippen LogP contribution >= 0.6 is 0 Å². The molecular weight excluding hydrogens is 236 g/mol. The summed E-state index contributed by atoms with van der Waals surface area (Å²) in [6.45, 7) is 6.59. The van der Waals surface area contributed by atoms with E-state index in [0.29, 0.717) is 6.61 Å². The Morgan fingerprint density at radius 3 is 2.26 bits per heavy atom. The van der Waals surface area contributed by atoms with Crippen LogP contribution in [0.2, 0.25) is 0 Å². The summed E-state index contributed by atoms with van der Waals surface area (Å²) in [7, 11) is 0. The van der Waals surface area contributed by atoms with Crippen molar-refractivity contribution in [2.75, 3.05) is 6.61 Å². The molecule has 0 heterocycles. The lowest BCUT2D eigenvalue weighted by Crippen LogP contribution is -2.04. The molecule has 2 aromatic rings. The van der Waals surface area contributed by atoms with Gasteiger partial charge < -0.3 is 9.84 Å². The van der Waals surface area contributed by atoms with Crippen LogP contribution in [0.4, 0.5) is 0 Å². The van der Waals surface area contributed by atoms with Crippen LogP contribution in [0.15, 0.2) is 42.5 Å². The van der Waals surface area contributed by atoms with E-state index in [0.717, 1.165) is 22.4 Å². The van der Waals surface area contributed by atoms with E-state index in [1.165, 1.54) is 5.56 Å². The fourth-order valence-corrected chi connectivity index (χ4v) is 2.10. The Morgan fingerprint density at radius 1 is 1.00 bits per heavy atom. The van der Waals surface area contributed by atoms with E-state index in [-0.39, 0.29) is 0 Å². The first-order chi connectivity index (χ1) is 9.11. The number of hydrogen-bond acceptors (Lipinski definition) is 2. The minimum Gasteiger partial charge on any atom is -0.493 e. The first-order valence-electron chi connectivity index (χ1n) is 6.59. The average molecular weight is 256 g/mol. The number of benzene rings is 2. The van der Waals surface area contributed by atoms with E-state index in [9.17, 15) is 5.11 Å². The van der Waals surface area contributed by atoms with Crippen molar-refractivity contribution in [1.29, 1.82) is 0 Å². The predicted octanol–water partition coefficient (Wildman–Crippen LogP) is 3.78. The lowest BCUT2D eigenvalue weighted by molar-refractivity contribution is 0.212. The Balaban J connectivity index is 2.39. The number of aliphatic hydroxyl groups excluding tert-OH is 1. The highest BCUT2D eigenvalue weighted by Gasteiger charge is 2.15. The van der Waals surface area contributed by atoms with E-state index in [4.69, 9.17) is 4.74 Å². The van der Waals surface area contributed by atoms with Crippen LogP contribution < -0.4 is 4.74 Å². The zero-order valence-corrected chi connectivity index (χ0v) is 11.7. The highest BCUT2D eigenvalue weighted by atomic mass is 16.5. The molecule has 0 bridgehead atoms. The second-order valence-corrected chi connectivity index (χ2v) is 4.79. The molecule has 2 heteroatoms. The maximum atomic E-state index is 10.5. The molecule has 1 atom stereocenters. The molecule has 2 nitrogen and oxygen atoms in total. The largest absolute Gasteiger partial charge is 0.493 e. The molecule has 0 fully saturated rings. The lowest BCUT2D eigenvalue weighted by Gasteiger charge is -2.17. The molecule has 1 unspecified atom stereocenters. The van der Waals surface area contributed by atoms with Gasteiger partial charge in [0.2, 0.25) is 0 Å². The van der Waals surface area contributed by atoms with Crippen molar-refractivity contribution >= 4 is 0 Å². The van der Waals surface area contributed by atoms with Crippen molar-refractivity contribution < 1.29 is 9.84 Å². The standard InChI is InChI=1S/C17H20O2/c1-4-19-16-10-7-13(3)11-15(16)17(18)14-8-5-12(2)6-9-14/h5-11,17-18H,4H2,1-3H3. The van der Waals surface area contributed by atoms with E-state index < -0.39 is 6.10 Å². The average Bonchev–Trinajstić information content (AvgIpc) is 2.41. The van der Waals surface area contributed by atoms with Crippen LogP contribution in [0.1, 0.15) is 35.3 Å². The third kappa shape index (κ3) is 3.15. The Bertz CT molecular complexity index is 544. The van der Waals surface area contributed by atoms with Crippen molar-refractivity contribution in [1.82, 2.24) is 0 Å². The second kappa shape index (κ2) is 5.89. The molecule has 100 valence electrons. The van der Waals surface area contributed by atoms with Gasteiger partial charge in [0.05, 0.1) is 6.61 Å². The highest BCUT2D eigenvalue weighted by molar-refractivity contribution is 5.43. The molecule has 0 radical (unpaired) electrons. The zero-order chi connectivity index (χ0) is 13.8. The first kappa shape index (κ1) is 13.6. The third-order valence-corrected chi connectivity index (χ3v) is 3.15. The Labute approximate surface area is 114 Å². The smallest absolute Gasteiger partial charge is 0.125 e. The minimum absolute atomic E-state index is 0.594. The minimum atomic E-state index is -0.651. The van der Waals surface area contributed by atoms with Crippen molar-refractivity contribution in [3.05, 3.63) is 64.7 Å². The number of hydrogen-bond donors (Lipinski definition) is 1. The summed E-state index contributed by atoms with van der Waals surface area (Å²) in [5.41, 5.74) is 4.01. The molecule has 0 aromatic heterocycles. The van der Waals surface area contributed by atoms with E-state index in [1.54, 1.807) is 0 Å². The van der Waals surface area contributed by atoms with Gasteiger partial charge in [0.15, 0.2) is 0 Å². The second-order valence-electron chi connectivity index (χ2n) is 4.79. The van der Waals surface area contributed by atoms with Gasteiger partial charge in [0.25, 0.3) is 0 Å². The molecule has 2 rings (SSSR count). The summed E-state index contributed by atoms with van der Waals surface area (Å²) in [6.07, 6.45) is -0.651. The zero-order valence-electron chi connectivity index (χ0n) is 11.7. The number of aryl methyl sites for hydroxylation is 2. The van der Waals surface area contributed by atoms with Crippen molar-refractivity contribution in [3.63, 3.8) is 0 Å². The van der Waals surface area contributed by atoms with Crippen LogP contribution in [0.25, 0.3) is 0 Å². The molecule has 0 saturated heterocycles. The number of ether oxygens (including phenoxy) is 1. The molecular formula is C17H20O2. The van der Waals surface area contributed by atoms with Gasteiger partial charge in [-0.3, -0.25) is 0 Å². The Morgan fingerprint density at radius 2 is 1.63 bits per heavy atom. The quantitative estimate of drug-likeness (QED) is 0.902. The summed E-state index contributed by atoms with van der Waals surface area (Å²) in [6, 6.07) is 13.8. The fraction of sp³-hybridized carbons (Fsp3) is 0.294. The molecule has 2 aromatic carbocycles. The van der Waals surface area contributed by atoms with E-state index >= 15 is 0 Å². The third-order valence-electron chi connectivity index (χ3n) is 3.15. The van der Waals surface area contributed by atoms with Gasteiger partial charge in [0.1, 0.15) is 11.9 Å². The normalized spacial score (nSPS) is 12.2. The van der Waals surface area contributed by atoms with Crippen LogP contribution in [0.3, 0.4) is 0 Å². The first-order valence-corrected chi connectivity index (χ1v) is 6.59. The lowest BCUT2D eigenvalue weighted by atomic mass is 9.98. The highest BCUT2D eigenvalue weighted by Crippen LogP contribution is 2.31. The summed E-state index contributed by atoms with van der Waals surface area (Å²) in [4.78, 5) is 0. The van der Waals surface area contributed by atoms with Crippen molar-refractivity contribution in [2.45, 2.75) is 26.9 Å². The Hall–Kier alpha value is -1.80. The maximum absolute atomic E-state index is 10.5. The van der Waals surface area contributed by atoms with Gasteiger partial charge in [0, 0.05) is 5.56 Å². The summed E-state index contributed by atoms with van der Waals surface area (Å²) >= 11 is 0. The van der Waals surface area contributed by atoms with Crippen molar-refractivity contribution in [3.8, 4) is 5.75 Å². The molecule has 0 spiro atoms. The summed E-state index contributed by atoms with van der Waals surface area (Å²) in [5, 5.41) is 10.5. The molecule has 0 aliphatic heterocycles. The summed E-state index contributed by atoms with van der Waals surface area (Å²) < 4.78 is 5.60. The van der Waals surface area contributed by atoms with Crippen LogP contribution in [-0.4, -0.2) is 11.7 Å². The van der Waals surface area contributed by atoms with Gasteiger partial charge in [-0.1, -0.05) is 41.5 Å². The molecule has 0 amide bonds. The van der Waals surface area contributed by atoms with Gasteiger partial charge in [-0.05, 0) is 38.5 Å². The van der Waals surface area contributed by atoms with E-state index in [1.807, 2.05) is 63.2 Å². The monoisotopic (exact) mass is 256 g/mol. The number of rotatable bonds is 4. The maximum Gasteiger partial charge on any atom is 0.125 e. The fourth-order valence-electron chi connectivity index (χ4n) is 2.10. The van der Waals surface area contributed by atoms with Gasteiger partial charge in [-0.25, -0.2) is 0 Å². The van der Waals surface area contributed by atoms with E-state index in [2.05, 4.69) is 0 Å². The van der Waals surface area contributed by atoms with Gasteiger partial charge >= 0.3 is 0 Å². The van der Waals surface area contributed by atoms with Crippen LogP contribution in [0.5, 0.6) is 5.75 Å². The molecule has 0 aliphatic carbocycles. The van der Waals surface area contributed by atoms with Crippen LogP contribution in [-0.2, 0) is 0 Å². The number of aliphatic hydroxyl groups is 1. The molecule has 0 saturated carbocycles. The Kier molecular flexibility index (Phi) is 4.23. The topological polar surface area (TPSA) is 29.5 Å². The van der Waals surface area contributed by atoms with Crippen LogP contribution in [0, 0.1) is 13.8 Å². The summed E-state index contributed by atoms with van der Waals surface area (Å²) in [5.74, 6) is 0.751. The molecule has 1 N–H and O–H groups in total. The molecule has 0 aliphatic rings.